The van der Waals surface area contributed by atoms with Crippen molar-refractivity contribution in [2.24, 2.45) is 0 Å². The highest BCUT2D eigenvalue weighted by molar-refractivity contribution is 8.05. The molecule has 1 saturated heterocycles. The molecule has 5 nitrogen and oxygen atoms in total. The zero-order valence-corrected chi connectivity index (χ0v) is 20.2. The van der Waals surface area contributed by atoms with Gasteiger partial charge in [0.05, 0.1) is 15.3 Å². The third-order valence-corrected chi connectivity index (χ3v) is 7.37. The Bertz CT molecular complexity index is 1290. The lowest BCUT2D eigenvalue weighted by Crippen LogP contribution is -2.32. The number of halogens is 2. The van der Waals surface area contributed by atoms with E-state index in [1.54, 1.807) is 36.4 Å². The largest absolute Gasteiger partial charge is 0.347 e. The fourth-order valence-corrected chi connectivity index (χ4v) is 5.26. The maximum Gasteiger partial charge on any atom is 0.264 e. The third-order valence-electron chi connectivity index (χ3n) is 5.25. The van der Waals surface area contributed by atoms with Crippen molar-refractivity contribution in [3.8, 4) is 6.07 Å². The first-order valence-corrected chi connectivity index (χ1v) is 12.1. The summed E-state index contributed by atoms with van der Waals surface area (Å²) in [4.78, 5) is 27.9. The first-order valence-electron chi connectivity index (χ1n) is 10.4. The number of nitriles is 1. The van der Waals surface area contributed by atoms with Gasteiger partial charge in [-0.05, 0) is 35.7 Å². The number of nitrogens with one attached hydrogen (secondary N) is 1. The number of nitrogens with zero attached hydrogens (tertiary/aromatic N) is 2. The smallest absolute Gasteiger partial charge is 0.264 e. The van der Waals surface area contributed by atoms with Crippen LogP contribution in [0.5, 0.6) is 0 Å². The molecule has 34 heavy (non-hydrogen) atoms. The summed E-state index contributed by atoms with van der Waals surface area (Å²) < 4.78 is 0. The predicted molar refractivity (Wildman–Crippen MR) is 136 cm³/mol. The van der Waals surface area contributed by atoms with Gasteiger partial charge in [-0.15, -0.1) is 0 Å². The van der Waals surface area contributed by atoms with Crippen LogP contribution < -0.4 is 10.2 Å². The molecule has 8 heteroatoms. The summed E-state index contributed by atoms with van der Waals surface area (Å²) in [6.45, 7) is 0.267. The number of hydrogen-bond acceptors (Lipinski definition) is 4. The van der Waals surface area contributed by atoms with Gasteiger partial charge in [0.15, 0.2) is 0 Å². The molecule has 170 valence electrons. The Morgan fingerprint density at radius 1 is 1.00 bits per heavy atom. The summed E-state index contributed by atoms with van der Waals surface area (Å²) in [5.41, 5.74) is 2.10. The second-order valence-corrected chi connectivity index (χ2v) is 9.47. The molecule has 1 fully saturated rings. The highest BCUT2D eigenvalue weighted by Crippen LogP contribution is 2.42. The lowest BCUT2D eigenvalue weighted by Gasteiger charge is -2.18. The molecule has 0 saturated carbocycles. The van der Waals surface area contributed by atoms with Gasteiger partial charge < -0.3 is 5.32 Å². The van der Waals surface area contributed by atoms with Crippen molar-refractivity contribution < 1.29 is 9.59 Å². The maximum atomic E-state index is 13.5. The minimum atomic E-state index is -0.573. The number of carbonyl (C=O) groups is 2. The molecule has 0 bridgehead atoms. The number of para-hydroxylation sites is 1. The second-order valence-electron chi connectivity index (χ2n) is 7.49. The third kappa shape index (κ3) is 5.13. The number of hydrogen-bond donors (Lipinski definition) is 1. The molecular formula is C26H19Cl2N3O2S. The molecule has 0 radical (unpaired) electrons. The summed E-state index contributed by atoms with van der Waals surface area (Å²) in [7, 11) is 0. The standard InChI is InChI=1S/C26H19Cl2N3O2S/c27-21-13-7-10-18(23(21)28)14-22-25(33)31(19-11-5-2-6-12-19)26(34-22)20(15-29)24(32)30-16-17-8-3-1-4-9-17/h1-13,22H,14,16H2,(H,30,32)/b26-20-/t22-/m1/s1. The van der Waals surface area contributed by atoms with Gasteiger partial charge in [0.25, 0.3) is 5.91 Å². The molecule has 0 aliphatic carbocycles. The maximum absolute atomic E-state index is 13.5. The summed E-state index contributed by atoms with van der Waals surface area (Å²) in [6, 6.07) is 25.7. The predicted octanol–water partition coefficient (Wildman–Crippen LogP) is 5.74. The Labute approximate surface area is 212 Å². The molecule has 1 aliphatic heterocycles. The van der Waals surface area contributed by atoms with E-state index in [1.807, 2.05) is 48.5 Å². The molecular weight excluding hydrogens is 489 g/mol. The summed E-state index contributed by atoms with van der Waals surface area (Å²) in [5, 5.41) is 13.2. The van der Waals surface area contributed by atoms with Gasteiger partial charge in [-0.1, -0.05) is 95.6 Å². The van der Waals surface area contributed by atoms with E-state index in [2.05, 4.69) is 5.32 Å². The van der Waals surface area contributed by atoms with Crippen LogP contribution in [0.1, 0.15) is 11.1 Å². The van der Waals surface area contributed by atoms with Crippen LogP contribution in [0.4, 0.5) is 5.69 Å². The molecule has 3 aromatic carbocycles. The molecule has 0 aromatic heterocycles. The van der Waals surface area contributed by atoms with Crippen molar-refractivity contribution in [2.75, 3.05) is 4.90 Å². The number of thioether (sulfide) groups is 1. The van der Waals surface area contributed by atoms with Crippen molar-refractivity contribution >= 4 is 52.5 Å². The average Bonchev–Trinajstić information content (AvgIpc) is 3.17. The molecule has 4 rings (SSSR count). The van der Waals surface area contributed by atoms with E-state index in [1.165, 1.54) is 16.7 Å². The summed E-state index contributed by atoms with van der Waals surface area (Å²) in [5.74, 6) is -0.769. The van der Waals surface area contributed by atoms with Crippen LogP contribution in [-0.2, 0) is 22.6 Å². The molecule has 1 aliphatic rings. The molecule has 1 heterocycles. The summed E-state index contributed by atoms with van der Waals surface area (Å²) >= 11 is 13.7. The van der Waals surface area contributed by atoms with Crippen molar-refractivity contribution in [1.29, 1.82) is 5.26 Å². The Kier molecular flexibility index (Phi) is 7.59. The molecule has 1 atom stereocenters. The van der Waals surface area contributed by atoms with Crippen LogP contribution in [0.2, 0.25) is 10.0 Å². The molecule has 2 amide bonds. The number of anilines is 1. The molecule has 1 N–H and O–H groups in total. The van der Waals surface area contributed by atoms with E-state index in [-0.39, 0.29) is 18.0 Å². The van der Waals surface area contributed by atoms with E-state index in [0.29, 0.717) is 27.2 Å². The zero-order chi connectivity index (χ0) is 24.1. The highest BCUT2D eigenvalue weighted by Gasteiger charge is 2.41. The van der Waals surface area contributed by atoms with Crippen LogP contribution in [0, 0.1) is 11.3 Å². The number of carbonyl (C=O) groups excluding carboxylic acids is 2. The number of rotatable bonds is 6. The van der Waals surface area contributed by atoms with Crippen molar-refractivity contribution in [3.05, 3.63) is 111 Å². The lowest BCUT2D eigenvalue weighted by atomic mass is 10.1. The van der Waals surface area contributed by atoms with Crippen LogP contribution >= 0.6 is 35.0 Å². The average molecular weight is 508 g/mol. The van der Waals surface area contributed by atoms with Crippen LogP contribution in [-0.4, -0.2) is 17.1 Å². The first kappa shape index (κ1) is 23.9. The lowest BCUT2D eigenvalue weighted by molar-refractivity contribution is -0.117. The van der Waals surface area contributed by atoms with Gasteiger partial charge >= 0.3 is 0 Å². The SMILES string of the molecule is N#C/C(C(=O)NCc1ccccc1)=C1/S[C@H](Cc2cccc(Cl)c2Cl)C(=O)N1c1ccccc1. The molecule has 3 aromatic rings. The van der Waals surface area contributed by atoms with E-state index >= 15 is 0 Å². The minimum absolute atomic E-state index is 0.113. The van der Waals surface area contributed by atoms with E-state index in [9.17, 15) is 14.9 Å². The fourth-order valence-electron chi connectivity index (χ4n) is 3.57. The summed E-state index contributed by atoms with van der Waals surface area (Å²) in [6.07, 6.45) is 0.306. The fraction of sp³-hybridized carbons (Fsp3) is 0.115. The first-order chi connectivity index (χ1) is 16.5. The quantitative estimate of drug-likeness (QED) is 0.341. The van der Waals surface area contributed by atoms with Gasteiger partial charge in [0, 0.05) is 12.2 Å². The van der Waals surface area contributed by atoms with Crippen LogP contribution in [0.3, 0.4) is 0 Å². The van der Waals surface area contributed by atoms with Gasteiger partial charge in [0.1, 0.15) is 16.7 Å². The topological polar surface area (TPSA) is 73.2 Å². The second kappa shape index (κ2) is 10.8. The zero-order valence-electron chi connectivity index (χ0n) is 17.9. The monoisotopic (exact) mass is 507 g/mol. The van der Waals surface area contributed by atoms with E-state index in [0.717, 1.165) is 11.1 Å². The van der Waals surface area contributed by atoms with Crippen molar-refractivity contribution in [2.45, 2.75) is 18.2 Å². The van der Waals surface area contributed by atoms with E-state index < -0.39 is 11.2 Å². The molecule has 0 spiro atoms. The van der Waals surface area contributed by atoms with Gasteiger partial charge in [-0.25, -0.2) is 0 Å². The highest BCUT2D eigenvalue weighted by atomic mass is 35.5. The Morgan fingerprint density at radius 3 is 2.35 bits per heavy atom. The normalized spacial score (nSPS) is 16.8. The Balaban J connectivity index is 1.67. The van der Waals surface area contributed by atoms with Gasteiger partial charge in [-0.3, -0.25) is 14.5 Å². The van der Waals surface area contributed by atoms with E-state index in [4.69, 9.17) is 23.2 Å². The van der Waals surface area contributed by atoms with Crippen molar-refractivity contribution in [1.82, 2.24) is 5.32 Å². The Morgan fingerprint density at radius 2 is 1.68 bits per heavy atom. The Hall–Kier alpha value is -3.24. The van der Waals surface area contributed by atoms with Gasteiger partial charge in [0.2, 0.25) is 5.91 Å². The van der Waals surface area contributed by atoms with Crippen LogP contribution in [0.15, 0.2) is 89.5 Å². The van der Waals surface area contributed by atoms with Gasteiger partial charge in [-0.2, -0.15) is 5.26 Å². The van der Waals surface area contributed by atoms with Crippen molar-refractivity contribution in [3.63, 3.8) is 0 Å². The minimum Gasteiger partial charge on any atom is -0.347 e. The number of amides is 2. The molecule has 0 unspecified atom stereocenters. The van der Waals surface area contributed by atoms with Crippen LogP contribution in [0.25, 0.3) is 0 Å². The number of benzene rings is 3.